The fourth-order valence-electron chi connectivity index (χ4n) is 2.63. The maximum Gasteiger partial charge on any atom is 0.251 e. The van der Waals surface area contributed by atoms with Crippen LogP contribution in [0.4, 0.5) is 0 Å². The van der Waals surface area contributed by atoms with Crippen LogP contribution in [0.2, 0.25) is 0 Å². The molecule has 1 N–H and O–H groups in total. The summed E-state index contributed by atoms with van der Waals surface area (Å²) in [6.07, 6.45) is 1.65. The molecule has 1 amide bonds. The molecule has 1 atom stereocenters. The van der Waals surface area contributed by atoms with E-state index in [0.717, 1.165) is 16.9 Å². The summed E-state index contributed by atoms with van der Waals surface area (Å²) in [4.78, 5) is 12.6. The van der Waals surface area contributed by atoms with Crippen molar-refractivity contribution in [2.75, 3.05) is 20.8 Å². The number of hydrogen-bond donors (Lipinski definition) is 1. The minimum absolute atomic E-state index is 0.199. The molecule has 0 fully saturated rings. The molecule has 0 aliphatic rings. The number of nitrogens with one attached hydrogen (secondary N) is 1. The number of aryl methyl sites for hydroxylation is 1. The Balaban J connectivity index is 2.19. The molecule has 2 aromatic carbocycles. The number of carbonyl (C=O) groups is 1. The van der Waals surface area contributed by atoms with Crippen LogP contribution in [0.15, 0.2) is 49.1 Å². The first-order valence-electron chi connectivity index (χ1n) is 8.37. The quantitative estimate of drug-likeness (QED) is 0.725. The minimum atomic E-state index is -0.208. The van der Waals surface area contributed by atoms with Crippen LogP contribution in [0.25, 0.3) is 0 Å². The molecule has 0 radical (unpaired) electrons. The van der Waals surface area contributed by atoms with E-state index in [0.29, 0.717) is 23.7 Å². The molecule has 0 aliphatic heterocycles. The molecule has 0 aliphatic carbocycles. The van der Waals surface area contributed by atoms with Gasteiger partial charge in [0.05, 0.1) is 20.3 Å². The normalized spacial score (nSPS) is 11.4. The Hall–Kier alpha value is -2.95. The van der Waals surface area contributed by atoms with Gasteiger partial charge < -0.3 is 19.5 Å². The van der Waals surface area contributed by atoms with Crippen molar-refractivity contribution < 1.29 is 19.0 Å². The van der Waals surface area contributed by atoms with Crippen molar-refractivity contribution in [3.63, 3.8) is 0 Å². The Morgan fingerprint density at radius 1 is 1.12 bits per heavy atom. The van der Waals surface area contributed by atoms with E-state index >= 15 is 0 Å². The predicted molar refractivity (Wildman–Crippen MR) is 102 cm³/mol. The number of hydrogen-bond acceptors (Lipinski definition) is 4. The topological polar surface area (TPSA) is 56.8 Å². The summed E-state index contributed by atoms with van der Waals surface area (Å²) >= 11 is 0. The van der Waals surface area contributed by atoms with Gasteiger partial charge in [-0.3, -0.25) is 4.79 Å². The van der Waals surface area contributed by atoms with Gasteiger partial charge >= 0.3 is 0 Å². The van der Waals surface area contributed by atoms with Crippen LogP contribution in [0, 0.1) is 6.92 Å². The van der Waals surface area contributed by atoms with Crippen LogP contribution in [-0.4, -0.2) is 26.7 Å². The largest absolute Gasteiger partial charge is 0.496 e. The van der Waals surface area contributed by atoms with Gasteiger partial charge in [-0.2, -0.15) is 0 Å². The summed E-state index contributed by atoms with van der Waals surface area (Å²) in [7, 11) is 3.16. The van der Waals surface area contributed by atoms with Crippen molar-refractivity contribution in [3.8, 4) is 17.2 Å². The van der Waals surface area contributed by atoms with Gasteiger partial charge in [0, 0.05) is 11.1 Å². The molecule has 26 heavy (non-hydrogen) atoms. The van der Waals surface area contributed by atoms with Gasteiger partial charge in [0.2, 0.25) is 0 Å². The summed E-state index contributed by atoms with van der Waals surface area (Å²) in [5.41, 5.74) is 2.53. The molecular formula is C21H25NO4. The molecule has 0 bridgehead atoms. The average Bonchev–Trinajstić information content (AvgIpc) is 2.65. The fraction of sp³-hybridized carbons (Fsp3) is 0.286. The SMILES string of the molecule is C=CCOc1ccc(C(=O)NC(C)c2cc(C)ccc2OC)cc1OC. The number of methoxy groups -OCH3 is 2. The first-order chi connectivity index (χ1) is 12.5. The number of amides is 1. The van der Waals surface area contributed by atoms with Crippen molar-refractivity contribution in [2.24, 2.45) is 0 Å². The maximum atomic E-state index is 12.6. The maximum absolute atomic E-state index is 12.6. The Labute approximate surface area is 154 Å². The van der Waals surface area contributed by atoms with Crippen LogP contribution in [-0.2, 0) is 0 Å². The molecular weight excluding hydrogens is 330 g/mol. The van der Waals surface area contributed by atoms with Gasteiger partial charge in [-0.15, -0.1) is 0 Å². The van der Waals surface area contributed by atoms with Crippen molar-refractivity contribution in [2.45, 2.75) is 19.9 Å². The van der Waals surface area contributed by atoms with E-state index in [-0.39, 0.29) is 11.9 Å². The van der Waals surface area contributed by atoms with Crippen molar-refractivity contribution in [1.29, 1.82) is 0 Å². The van der Waals surface area contributed by atoms with Gasteiger partial charge in [-0.25, -0.2) is 0 Å². The van der Waals surface area contributed by atoms with Gasteiger partial charge in [0.1, 0.15) is 12.4 Å². The molecule has 1 unspecified atom stereocenters. The van der Waals surface area contributed by atoms with Crippen molar-refractivity contribution in [1.82, 2.24) is 5.32 Å². The Kier molecular flexibility index (Phi) is 6.67. The third-order valence-electron chi connectivity index (χ3n) is 3.98. The van der Waals surface area contributed by atoms with E-state index < -0.39 is 0 Å². The molecule has 5 nitrogen and oxygen atoms in total. The van der Waals surface area contributed by atoms with E-state index in [1.165, 1.54) is 7.11 Å². The highest BCUT2D eigenvalue weighted by Crippen LogP contribution is 2.29. The molecule has 2 rings (SSSR count). The highest BCUT2D eigenvalue weighted by atomic mass is 16.5. The molecule has 2 aromatic rings. The number of benzene rings is 2. The zero-order valence-electron chi connectivity index (χ0n) is 15.7. The molecule has 0 saturated heterocycles. The van der Waals surface area contributed by atoms with Gasteiger partial charge in [0.15, 0.2) is 11.5 Å². The highest BCUT2D eigenvalue weighted by molar-refractivity contribution is 5.95. The minimum Gasteiger partial charge on any atom is -0.496 e. The van der Waals surface area contributed by atoms with Crippen molar-refractivity contribution in [3.05, 3.63) is 65.7 Å². The fourth-order valence-corrected chi connectivity index (χ4v) is 2.63. The third-order valence-corrected chi connectivity index (χ3v) is 3.98. The lowest BCUT2D eigenvalue weighted by molar-refractivity contribution is 0.0939. The second kappa shape index (κ2) is 8.94. The van der Waals surface area contributed by atoms with Crippen LogP contribution >= 0.6 is 0 Å². The van der Waals surface area contributed by atoms with Crippen LogP contribution < -0.4 is 19.5 Å². The number of ether oxygens (including phenoxy) is 3. The summed E-state index contributed by atoms with van der Waals surface area (Å²) in [5, 5.41) is 3.00. The Morgan fingerprint density at radius 3 is 2.46 bits per heavy atom. The lowest BCUT2D eigenvalue weighted by atomic mass is 10.0. The zero-order valence-corrected chi connectivity index (χ0v) is 15.7. The molecule has 5 heteroatoms. The first kappa shape index (κ1) is 19.4. The smallest absolute Gasteiger partial charge is 0.251 e. The molecule has 0 aromatic heterocycles. The summed E-state index contributed by atoms with van der Waals surface area (Å²) in [6, 6.07) is 10.8. The molecule has 138 valence electrons. The first-order valence-corrected chi connectivity index (χ1v) is 8.37. The Bertz CT molecular complexity index is 786. The Morgan fingerprint density at radius 2 is 1.81 bits per heavy atom. The zero-order chi connectivity index (χ0) is 19.1. The molecule has 0 heterocycles. The van der Waals surface area contributed by atoms with E-state index in [2.05, 4.69) is 11.9 Å². The lowest BCUT2D eigenvalue weighted by Gasteiger charge is -2.18. The van der Waals surface area contributed by atoms with E-state index in [4.69, 9.17) is 14.2 Å². The third kappa shape index (κ3) is 4.57. The van der Waals surface area contributed by atoms with E-state index in [1.807, 2.05) is 32.0 Å². The summed E-state index contributed by atoms with van der Waals surface area (Å²) in [5.74, 6) is 1.61. The van der Waals surface area contributed by atoms with Crippen LogP contribution in [0.1, 0.15) is 34.5 Å². The average molecular weight is 355 g/mol. The summed E-state index contributed by atoms with van der Waals surface area (Å²) in [6.45, 7) is 7.91. The monoisotopic (exact) mass is 355 g/mol. The van der Waals surface area contributed by atoms with Gasteiger partial charge in [-0.1, -0.05) is 30.4 Å². The van der Waals surface area contributed by atoms with Crippen LogP contribution in [0.5, 0.6) is 17.2 Å². The summed E-state index contributed by atoms with van der Waals surface area (Å²) < 4.78 is 16.2. The van der Waals surface area contributed by atoms with Crippen LogP contribution in [0.3, 0.4) is 0 Å². The van der Waals surface area contributed by atoms with Crippen molar-refractivity contribution >= 4 is 5.91 Å². The lowest BCUT2D eigenvalue weighted by Crippen LogP contribution is -2.27. The van der Waals surface area contributed by atoms with Gasteiger partial charge in [-0.05, 0) is 38.1 Å². The van der Waals surface area contributed by atoms with E-state index in [9.17, 15) is 4.79 Å². The standard InChI is InChI=1S/C21H25NO4/c1-6-11-26-19-10-8-16(13-20(19)25-5)21(23)22-15(3)17-12-14(2)7-9-18(17)24-4/h6-10,12-13,15H,1,11H2,2-5H3,(H,22,23). The molecule has 0 saturated carbocycles. The highest BCUT2D eigenvalue weighted by Gasteiger charge is 2.17. The molecule has 0 spiro atoms. The van der Waals surface area contributed by atoms with Gasteiger partial charge in [0.25, 0.3) is 5.91 Å². The second-order valence-electron chi connectivity index (χ2n) is 5.91. The van der Waals surface area contributed by atoms with E-state index in [1.54, 1.807) is 31.4 Å². The number of carbonyl (C=O) groups excluding carboxylic acids is 1. The number of rotatable bonds is 8. The predicted octanol–water partition coefficient (Wildman–Crippen LogP) is 4.07. The second-order valence-corrected chi connectivity index (χ2v) is 5.91.